The van der Waals surface area contributed by atoms with E-state index in [0.29, 0.717) is 11.3 Å². The summed E-state index contributed by atoms with van der Waals surface area (Å²) in [6, 6.07) is 4.69. The fraction of sp³-hybridized carbons (Fsp3) is 0.294. The Labute approximate surface area is 155 Å². The molecule has 0 aromatic carbocycles. The van der Waals surface area contributed by atoms with Gasteiger partial charge in [0, 0.05) is 18.3 Å². The zero-order chi connectivity index (χ0) is 19.1. The van der Waals surface area contributed by atoms with Crippen LogP contribution in [-0.2, 0) is 14.3 Å². The highest BCUT2D eigenvalue weighted by Gasteiger charge is 2.12. The molecule has 0 bridgehead atoms. The zero-order valence-corrected chi connectivity index (χ0v) is 15.1. The van der Waals surface area contributed by atoms with Gasteiger partial charge in [0.2, 0.25) is 0 Å². The zero-order valence-electron chi connectivity index (χ0n) is 14.4. The van der Waals surface area contributed by atoms with Gasteiger partial charge in [-0.05, 0) is 31.6 Å². The first-order valence-electron chi connectivity index (χ1n) is 7.98. The number of ether oxygens (including phenoxy) is 1. The van der Waals surface area contributed by atoms with E-state index < -0.39 is 24.5 Å². The number of imidazole rings is 1. The number of carbonyl (C=O) groups is 3. The second-order valence-corrected chi connectivity index (χ2v) is 5.85. The van der Waals surface area contributed by atoms with Crippen molar-refractivity contribution >= 4 is 41.2 Å². The average Bonchev–Trinajstić information content (AvgIpc) is 2.93. The number of imide groups is 1. The van der Waals surface area contributed by atoms with Crippen LogP contribution in [-0.4, -0.2) is 39.9 Å². The molecule has 0 spiro atoms. The summed E-state index contributed by atoms with van der Waals surface area (Å²) in [7, 11) is 0. The van der Waals surface area contributed by atoms with Gasteiger partial charge in [0.25, 0.3) is 5.91 Å². The summed E-state index contributed by atoms with van der Waals surface area (Å²) in [5.41, 5.74) is 1.15. The lowest BCUT2D eigenvalue weighted by Gasteiger charge is -2.11. The van der Waals surface area contributed by atoms with E-state index in [0.717, 1.165) is 12.5 Å². The van der Waals surface area contributed by atoms with E-state index in [9.17, 15) is 14.4 Å². The lowest BCUT2D eigenvalue weighted by Crippen LogP contribution is -2.44. The molecule has 0 aliphatic carbocycles. The molecule has 0 saturated carbocycles. The highest BCUT2D eigenvalue weighted by atomic mass is 35.5. The Morgan fingerprint density at radius 2 is 2.15 bits per heavy atom. The Balaban J connectivity index is 1.86. The number of carbonyl (C=O) groups excluding carboxylic acids is 3. The van der Waals surface area contributed by atoms with Crippen molar-refractivity contribution in [3.05, 3.63) is 41.3 Å². The molecule has 2 heterocycles. The van der Waals surface area contributed by atoms with Gasteiger partial charge in [-0.3, -0.25) is 14.5 Å². The van der Waals surface area contributed by atoms with Crippen molar-refractivity contribution in [3.63, 3.8) is 0 Å². The second kappa shape index (κ2) is 9.00. The number of urea groups is 1. The highest BCUT2D eigenvalue weighted by Crippen LogP contribution is 2.18. The van der Waals surface area contributed by atoms with Crippen molar-refractivity contribution in [1.29, 1.82) is 0 Å². The summed E-state index contributed by atoms with van der Waals surface area (Å²) in [6.07, 6.45) is 5.06. The third-order valence-electron chi connectivity index (χ3n) is 3.49. The van der Waals surface area contributed by atoms with Crippen LogP contribution in [0.5, 0.6) is 0 Å². The molecule has 26 heavy (non-hydrogen) atoms. The molecule has 2 aromatic heterocycles. The molecular formula is C17H19ClN4O4. The minimum atomic E-state index is -0.746. The number of fused-ring (bicyclic) bond motifs is 1. The minimum absolute atomic E-state index is 0.0662. The molecule has 2 aromatic rings. The molecule has 0 radical (unpaired) electrons. The normalized spacial score (nSPS) is 12.1. The molecule has 8 nitrogen and oxygen atoms in total. The summed E-state index contributed by atoms with van der Waals surface area (Å²) in [4.78, 5) is 39.0. The molecular weight excluding hydrogens is 360 g/mol. The number of pyridine rings is 1. The molecule has 9 heteroatoms. The quantitative estimate of drug-likeness (QED) is 0.592. The number of nitrogens with zero attached hydrogens (tertiary/aromatic N) is 2. The fourth-order valence-electron chi connectivity index (χ4n) is 1.99. The van der Waals surface area contributed by atoms with Gasteiger partial charge < -0.3 is 10.1 Å². The Kier molecular flexibility index (Phi) is 6.74. The SMILES string of the molecule is CC[C@@H](C)NC(=O)NC(=O)COC(=O)/C=C/c1c(Cl)nc2ccccn12. The third-order valence-corrected chi connectivity index (χ3v) is 3.77. The second-order valence-electron chi connectivity index (χ2n) is 5.49. The molecule has 0 saturated heterocycles. The maximum absolute atomic E-state index is 11.7. The van der Waals surface area contributed by atoms with Crippen molar-refractivity contribution in [2.24, 2.45) is 0 Å². The molecule has 0 fully saturated rings. The maximum atomic E-state index is 11.7. The van der Waals surface area contributed by atoms with Crippen molar-refractivity contribution in [2.45, 2.75) is 26.3 Å². The standard InChI is InChI=1S/C17H19ClN4O4/c1-3-11(2)19-17(25)21-14(23)10-26-15(24)8-7-12-16(18)20-13-6-4-5-9-22(12)13/h4-9,11H,3,10H2,1-2H3,(H2,19,21,23,25)/b8-7+/t11-/m1/s1. The predicted octanol–water partition coefficient (Wildman–Crippen LogP) is 2.17. The monoisotopic (exact) mass is 378 g/mol. The fourth-order valence-corrected chi connectivity index (χ4v) is 2.23. The van der Waals surface area contributed by atoms with E-state index in [4.69, 9.17) is 16.3 Å². The molecule has 2 rings (SSSR count). The minimum Gasteiger partial charge on any atom is -0.452 e. The summed E-state index contributed by atoms with van der Waals surface area (Å²) < 4.78 is 6.50. The van der Waals surface area contributed by atoms with Crippen molar-refractivity contribution < 1.29 is 19.1 Å². The summed E-state index contributed by atoms with van der Waals surface area (Å²) in [5, 5.41) is 4.88. The Morgan fingerprint density at radius 1 is 1.38 bits per heavy atom. The first-order valence-corrected chi connectivity index (χ1v) is 8.36. The van der Waals surface area contributed by atoms with Gasteiger partial charge in [-0.2, -0.15) is 0 Å². The number of amides is 3. The van der Waals surface area contributed by atoms with Gasteiger partial charge in [0.1, 0.15) is 5.65 Å². The van der Waals surface area contributed by atoms with Gasteiger partial charge in [-0.1, -0.05) is 24.6 Å². The lowest BCUT2D eigenvalue weighted by atomic mass is 10.3. The third kappa shape index (κ3) is 5.32. The molecule has 0 aliphatic heterocycles. The number of esters is 1. The Morgan fingerprint density at radius 3 is 2.88 bits per heavy atom. The Hall–Kier alpha value is -2.87. The van der Waals surface area contributed by atoms with Crippen LogP contribution in [0, 0.1) is 0 Å². The van der Waals surface area contributed by atoms with E-state index >= 15 is 0 Å². The summed E-state index contributed by atoms with van der Waals surface area (Å²) in [5.74, 6) is -1.47. The molecule has 2 N–H and O–H groups in total. The number of hydrogen-bond acceptors (Lipinski definition) is 5. The van der Waals surface area contributed by atoms with E-state index in [2.05, 4.69) is 15.6 Å². The first-order chi connectivity index (χ1) is 12.4. The van der Waals surface area contributed by atoms with Crippen LogP contribution in [0.1, 0.15) is 26.0 Å². The van der Waals surface area contributed by atoms with E-state index in [1.807, 2.05) is 13.0 Å². The largest absolute Gasteiger partial charge is 0.452 e. The van der Waals surface area contributed by atoms with Crippen molar-refractivity contribution in [2.75, 3.05) is 6.61 Å². The van der Waals surface area contributed by atoms with Crippen LogP contribution in [0.15, 0.2) is 30.5 Å². The molecule has 0 aliphatic rings. The highest BCUT2D eigenvalue weighted by molar-refractivity contribution is 6.31. The van der Waals surface area contributed by atoms with Crippen LogP contribution < -0.4 is 10.6 Å². The topological polar surface area (TPSA) is 102 Å². The number of hydrogen-bond donors (Lipinski definition) is 2. The average molecular weight is 379 g/mol. The number of rotatable bonds is 6. The predicted molar refractivity (Wildman–Crippen MR) is 96.6 cm³/mol. The van der Waals surface area contributed by atoms with Crippen LogP contribution in [0.4, 0.5) is 4.79 Å². The van der Waals surface area contributed by atoms with Crippen molar-refractivity contribution in [1.82, 2.24) is 20.0 Å². The summed E-state index contributed by atoms with van der Waals surface area (Å²) in [6.45, 7) is 3.13. The molecule has 1 atom stereocenters. The maximum Gasteiger partial charge on any atom is 0.331 e. The van der Waals surface area contributed by atoms with Gasteiger partial charge >= 0.3 is 12.0 Å². The van der Waals surface area contributed by atoms with Gasteiger partial charge in [-0.15, -0.1) is 0 Å². The van der Waals surface area contributed by atoms with Gasteiger partial charge in [0.15, 0.2) is 11.8 Å². The van der Waals surface area contributed by atoms with Gasteiger partial charge in [0.05, 0.1) is 5.69 Å². The van der Waals surface area contributed by atoms with E-state index in [1.165, 1.54) is 6.08 Å². The first kappa shape index (κ1) is 19.5. The van der Waals surface area contributed by atoms with Crippen molar-refractivity contribution in [3.8, 4) is 0 Å². The number of aromatic nitrogens is 2. The van der Waals surface area contributed by atoms with Crippen LogP contribution >= 0.6 is 11.6 Å². The van der Waals surface area contributed by atoms with E-state index in [1.54, 1.807) is 29.7 Å². The molecule has 138 valence electrons. The van der Waals surface area contributed by atoms with Gasteiger partial charge in [-0.25, -0.2) is 14.6 Å². The molecule has 0 unspecified atom stereocenters. The number of nitrogens with one attached hydrogen (secondary N) is 2. The van der Waals surface area contributed by atoms with Crippen LogP contribution in [0.3, 0.4) is 0 Å². The lowest BCUT2D eigenvalue weighted by molar-refractivity contribution is -0.143. The Bertz CT molecular complexity index is 846. The molecule has 3 amide bonds. The van der Waals surface area contributed by atoms with Crippen LogP contribution in [0.2, 0.25) is 5.15 Å². The number of halogens is 1. The summed E-state index contributed by atoms with van der Waals surface area (Å²) >= 11 is 6.05. The van der Waals surface area contributed by atoms with E-state index in [-0.39, 0.29) is 11.2 Å². The van der Waals surface area contributed by atoms with Crippen LogP contribution in [0.25, 0.3) is 11.7 Å². The smallest absolute Gasteiger partial charge is 0.331 e.